The van der Waals surface area contributed by atoms with E-state index in [9.17, 15) is 4.79 Å². The Morgan fingerprint density at radius 3 is 2.57 bits per heavy atom. The second-order valence-electron chi connectivity index (χ2n) is 6.08. The van der Waals surface area contributed by atoms with E-state index in [0.717, 1.165) is 29.6 Å². The minimum absolute atomic E-state index is 0.0702. The lowest BCUT2D eigenvalue weighted by molar-refractivity contribution is 0.531. The van der Waals surface area contributed by atoms with Crippen molar-refractivity contribution in [1.29, 1.82) is 0 Å². The number of aromatic nitrogens is 4. The van der Waals surface area contributed by atoms with E-state index in [0.29, 0.717) is 12.1 Å². The fourth-order valence-corrected chi connectivity index (χ4v) is 2.74. The van der Waals surface area contributed by atoms with Crippen LogP contribution < -0.4 is 5.56 Å². The molecule has 120 valence electrons. The summed E-state index contributed by atoms with van der Waals surface area (Å²) in [6.45, 7) is 6.94. The summed E-state index contributed by atoms with van der Waals surface area (Å²) in [5, 5.41) is 9.90. The molecule has 0 fully saturated rings. The van der Waals surface area contributed by atoms with E-state index in [2.05, 4.69) is 31.0 Å². The van der Waals surface area contributed by atoms with Gasteiger partial charge < -0.3 is 0 Å². The third kappa shape index (κ3) is 2.79. The molecule has 5 nitrogen and oxygen atoms in total. The highest BCUT2D eigenvalue weighted by atomic mass is 16.1. The van der Waals surface area contributed by atoms with Crippen molar-refractivity contribution in [2.24, 2.45) is 0 Å². The molecule has 0 amide bonds. The summed E-state index contributed by atoms with van der Waals surface area (Å²) >= 11 is 0. The summed E-state index contributed by atoms with van der Waals surface area (Å²) in [5.74, 6) is 0.236. The molecule has 2 aromatic heterocycles. The van der Waals surface area contributed by atoms with Crippen LogP contribution in [0.1, 0.15) is 45.2 Å². The fraction of sp³-hybridized carbons (Fsp3) is 0.389. The number of unbranched alkanes of at least 4 members (excludes halogenated alkanes) is 1. The number of fused-ring (bicyclic) bond motifs is 1. The summed E-state index contributed by atoms with van der Waals surface area (Å²) in [4.78, 5) is 12.9. The van der Waals surface area contributed by atoms with Crippen LogP contribution in [-0.4, -0.2) is 19.6 Å². The highest BCUT2D eigenvalue weighted by Crippen LogP contribution is 2.22. The molecule has 0 unspecified atom stereocenters. The molecule has 0 aliphatic rings. The first-order chi connectivity index (χ1) is 11.1. The zero-order valence-corrected chi connectivity index (χ0v) is 13.9. The molecule has 0 atom stereocenters. The van der Waals surface area contributed by atoms with Gasteiger partial charge in [-0.2, -0.15) is 10.2 Å². The maximum absolute atomic E-state index is 12.9. The Morgan fingerprint density at radius 1 is 1.17 bits per heavy atom. The van der Waals surface area contributed by atoms with Crippen molar-refractivity contribution >= 4 is 10.9 Å². The van der Waals surface area contributed by atoms with Gasteiger partial charge in [0.1, 0.15) is 5.52 Å². The van der Waals surface area contributed by atoms with Crippen LogP contribution in [0, 0.1) is 0 Å². The van der Waals surface area contributed by atoms with Crippen LogP contribution in [0.15, 0.2) is 41.3 Å². The summed E-state index contributed by atoms with van der Waals surface area (Å²) in [6.07, 6.45) is 3.73. The predicted octanol–water partition coefficient (Wildman–Crippen LogP) is 3.51. The first-order valence-electron chi connectivity index (χ1n) is 8.17. The first kappa shape index (κ1) is 15.5. The third-order valence-corrected chi connectivity index (χ3v) is 3.98. The average molecular weight is 310 g/mol. The number of rotatable bonds is 5. The molecule has 1 aromatic carbocycles. The lowest BCUT2D eigenvalue weighted by Gasteiger charge is -2.11. The van der Waals surface area contributed by atoms with Gasteiger partial charge in [-0.1, -0.05) is 45.4 Å². The molecule has 3 aromatic rings. The molecule has 0 aliphatic heterocycles. The molecule has 0 saturated heterocycles. The van der Waals surface area contributed by atoms with Crippen molar-refractivity contribution < 1.29 is 0 Å². The van der Waals surface area contributed by atoms with Crippen LogP contribution in [0.5, 0.6) is 0 Å². The molecular weight excluding hydrogens is 288 g/mol. The minimum Gasteiger partial charge on any atom is -0.265 e. The molecule has 0 saturated carbocycles. The monoisotopic (exact) mass is 310 g/mol. The highest BCUT2D eigenvalue weighted by molar-refractivity contribution is 5.81. The standard InChI is InChI=1S/C18H22N4O/c1-4-5-11-21-18(23)17-15(16(20-21)13(2)3)12-19-22(17)14-9-7-6-8-10-14/h6-10,12-13H,4-5,11H2,1-3H3. The summed E-state index contributed by atoms with van der Waals surface area (Å²) in [7, 11) is 0. The lowest BCUT2D eigenvalue weighted by Crippen LogP contribution is -2.26. The average Bonchev–Trinajstić information content (AvgIpc) is 3.00. The van der Waals surface area contributed by atoms with Crippen LogP contribution in [0.4, 0.5) is 0 Å². The SMILES string of the molecule is CCCCn1nc(C(C)C)c2cnn(-c3ccccc3)c2c1=O. The van der Waals surface area contributed by atoms with E-state index in [1.165, 1.54) is 0 Å². The van der Waals surface area contributed by atoms with E-state index in [-0.39, 0.29) is 11.5 Å². The van der Waals surface area contributed by atoms with Gasteiger partial charge in [0, 0.05) is 11.9 Å². The van der Waals surface area contributed by atoms with Crippen molar-refractivity contribution in [1.82, 2.24) is 19.6 Å². The van der Waals surface area contributed by atoms with Gasteiger partial charge in [-0.25, -0.2) is 9.36 Å². The number of hydrogen-bond donors (Lipinski definition) is 0. The van der Waals surface area contributed by atoms with Crippen LogP contribution in [0.2, 0.25) is 0 Å². The Labute approximate surface area is 135 Å². The molecule has 0 bridgehead atoms. The topological polar surface area (TPSA) is 52.7 Å². The normalized spacial score (nSPS) is 11.5. The first-order valence-corrected chi connectivity index (χ1v) is 8.17. The van der Waals surface area contributed by atoms with Crippen LogP contribution >= 0.6 is 0 Å². The number of hydrogen-bond acceptors (Lipinski definition) is 3. The van der Waals surface area contributed by atoms with Crippen molar-refractivity contribution in [3.05, 3.63) is 52.6 Å². The molecule has 5 heteroatoms. The van der Waals surface area contributed by atoms with Crippen molar-refractivity contribution in [3.8, 4) is 5.69 Å². The second kappa shape index (κ2) is 6.36. The van der Waals surface area contributed by atoms with Gasteiger partial charge in [0.25, 0.3) is 5.56 Å². The van der Waals surface area contributed by atoms with Crippen molar-refractivity contribution in [3.63, 3.8) is 0 Å². The van der Waals surface area contributed by atoms with Gasteiger partial charge in [-0.3, -0.25) is 4.79 Å². The maximum atomic E-state index is 12.9. The number of aryl methyl sites for hydroxylation is 1. The summed E-state index contributed by atoms with van der Waals surface area (Å²) < 4.78 is 3.33. The van der Waals surface area contributed by atoms with E-state index < -0.39 is 0 Å². The highest BCUT2D eigenvalue weighted by Gasteiger charge is 2.18. The number of nitrogens with zero attached hydrogens (tertiary/aromatic N) is 4. The fourth-order valence-electron chi connectivity index (χ4n) is 2.74. The van der Waals surface area contributed by atoms with E-state index in [1.54, 1.807) is 15.6 Å². The molecule has 0 N–H and O–H groups in total. The van der Waals surface area contributed by atoms with Gasteiger partial charge in [0.05, 0.1) is 17.6 Å². The van der Waals surface area contributed by atoms with Gasteiger partial charge >= 0.3 is 0 Å². The van der Waals surface area contributed by atoms with E-state index in [4.69, 9.17) is 0 Å². The smallest absolute Gasteiger partial charge is 0.265 e. The summed E-state index contributed by atoms with van der Waals surface area (Å²) in [6, 6.07) is 9.76. The molecule has 2 heterocycles. The molecule has 0 radical (unpaired) electrons. The van der Waals surface area contributed by atoms with Gasteiger partial charge in [-0.15, -0.1) is 0 Å². The zero-order chi connectivity index (χ0) is 16.4. The zero-order valence-electron chi connectivity index (χ0n) is 13.9. The second-order valence-corrected chi connectivity index (χ2v) is 6.08. The molecule has 3 rings (SSSR count). The van der Waals surface area contributed by atoms with Gasteiger partial charge in [-0.05, 0) is 24.5 Å². The molecule has 23 heavy (non-hydrogen) atoms. The molecule has 0 spiro atoms. The van der Waals surface area contributed by atoms with Gasteiger partial charge in [0.2, 0.25) is 0 Å². The Kier molecular flexibility index (Phi) is 4.28. The quantitative estimate of drug-likeness (QED) is 0.724. The lowest BCUT2D eigenvalue weighted by atomic mass is 10.1. The third-order valence-electron chi connectivity index (χ3n) is 3.98. The predicted molar refractivity (Wildman–Crippen MR) is 92.1 cm³/mol. The van der Waals surface area contributed by atoms with Crippen LogP contribution in [0.3, 0.4) is 0 Å². The Bertz CT molecular complexity index is 862. The van der Waals surface area contributed by atoms with Crippen molar-refractivity contribution in [2.45, 2.75) is 46.1 Å². The summed E-state index contributed by atoms with van der Waals surface area (Å²) in [5.41, 5.74) is 2.37. The van der Waals surface area contributed by atoms with Gasteiger partial charge in [0.15, 0.2) is 0 Å². The van der Waals surface area contributed by atoms with E-state index >= 15 is 0 Å². The van der Waals surface area contributed by atoms with Crippen LogP contribution in [0.25, 0.3) is 16.6 Å². The van der Waals surface area contributed by atoms with E-state index in [1.807, 2.05) is 30.3 Å². The Hall–Kier alpha value is -2.43. The van der Waals surface area contributed by atoms with Crippen molar-refractivity contribution in [2.75, 3.05) is 0 Å². The van der Waals surface area contributed by atoms with Crippen LogP contribution in [-0.2, 0) is 6.54 Å². The Balaban J connectivity index is 2.29. The number of para-hydroxylation sites is 1. The molecular formula is C18H22N4O. The Morgan fingerprint density at radius 2 is 1.91 bits per heavy atom. The number of benzene rings is 1. The maximum Gasteiger partial charge on any atom is 0.293 e. The molecule has 0 aliphatic carbocycles. The largest absolute Gasteiger partial charge is 0.293 e. The minimum atomic E-state index is -0.0702.